The maximum absolute atomic E-state index is 12.1. The highest BCUT2D eigenvalue weighted by Gasteiger charge is 2.08. The van der Waals surface area contributed by atoms with Crippen LogP contribution in [0.3, 0.4) is 0 Å². The second-order valence-electron chi connectivity index (χ2n) is 6.70. The van der Waals surface area contributed by atoms with Gasteiger partial charge in [-0.15, -0.1) is 11.3 Å². The average molecular weight is 377 g/mol. The number of nitrogens with zero attached hydrogens (tertiary/aromatic N) is 1. The van der Waals surface area contributed by atoms with Crippen LogP contribution in [0.15, 0.2) is 60.0 Å². The Labute approximate surface area is 164 Å². The van der Waals surface area contributed by atoms with E-state index in [-0.39, 0.29) is 5.91 Å². The van der Waals surface area contributed by atoms with Crippen molar-refractivity contribution in [2.45, 2.75) is 33.1 Å². The van der Waals surface area contributed by atoms with E-state index in [1.165, 1.54) is 28.5 Å². The summed E-state index contributed by atoms with van der Waals surface area (Å²) >= 11 is 1.43. The number of rotatable bonds is 6. The van der Waals surface area contributed by atoms with E-state index in [1.54, 1.807) is 6.08 Å². The molecule has 138 valence electrons. The number of carbonyl (C=O) groups excluding carboxylic acids is 1. The zero-order valence-electron chi connectivity index (χ0n) is 15.9. The van der Waals surface area contributed by atoms with Crippen molar-refractivity contribution in [3.8, 4) is 11.3 Å². The monoisotopic (exact) mass is 376 g/mol. The van der Waals surface area contributed by atoms with Gasteiger partial charge in [0.15, 0.2) is 5.13 Å². The number of hydrogen-bond donors (Lipinski definition) is 1. The van der Waals surface area contributed by atoms with E-state index >= 15 is 0 Å². The third-order valence-electron chi connectivity index (χ3n) is 4.63. The smallest absolute Gasteiger partial charge is 0.250 e. The Kier molecular flexibility index (Phi) is 6.20. The van der Waals surface area contributed by atoms with Gasteiger partial charge in [0.05, 0.1) is 5.69 Å². The predicted octanol–water partition coefficient (Wildman–Crippen LogP) is 6.28. The van der Waals surface area contributed by atoms with Crippen LogP contribution < -0.4 is 5.32 Å². The highest BCUT2D eigenvalue weighted by molar-refractivity contribution is 7.14. The average Bonchev–Trinajstić information content (AvgIpc) is 3.15. The lowest BCUT2D eigenvalue weighted by molar-refractivity contribution is -0.111. The lowest BCUT2D eigenvalue weighted by Gasteiger charge is -2.08. The Hall–Kier alpha value is -2.72. The Balaban J connectivity index is 1.63. The molecule has 1 unspecified atom stereocenters. The number of hydrogen-bond acceptors (Lipinski definition) is 3. The molecule has 1 heterocycles. The van der Waals surface area contributed by atoms with Crippen LogP contribution in [0.2, 0.25) is 0 Å². The molecule has 3 nitrogen and oxygen atoms in total. The van der Waals surface area contributed by atoms with Crippen LogP contribution in [0.4, 0.5) is 5.13 Å². The molecule has 4 heteroatoms. The molecule has 1 atom stereocenters. The number of amides is 1. The lowest BCUT2D eigenvalue weighted by Crippen LogP contribution is -2.07. The molecule has 27 heavy (non-hydrogen) atoms. The summed E-state index contributed by atoms with van der Waals surface area (Å²) in [4.78, 5) is 16.7. The van der Waals surface area contributed by atoms with Crippen LogP contribution in [0.1, 0.15) is 42.9 Å². The minimum atomic E-state index is -0.177. The van der Waals surface area contributed by atoms with Gasteiger partial charge in [0, 0.05) is 17.0 Å². The van der Waals surface area contributed by atoms with Gasteiger partial charge in [-0.05, 0) is 36.5 Å². The zero-order valence-corrected chi connectivity index (χ0v) is 16.7. The Bertz CT molecular complexity index is 924. The summed E-state index contributed by atoms with van der Waals surface area (Å²) in [5, 5.41) is 5.41. The SMILES string of the molecule is CCC(C)c1ccc(-c2csc(NC(=O)C=Cc3ccc(C)cc3)n2)cc1. The highest BCUT2D eigenvalue weighted by Crippen LogP contribution is 2.27. The van der Waals surface area contributed by atoms with Gasteiger partial charge in [-0.25, -0.2) is 4.98 Å². The van der Waals surface area contributed by atoms with Gasteiger partial charge in [-0.2, -0.15) is 0 Å². The quantitative estimate of drug-likeness (QED) is 0.514. The summed E-state index contributed by atoms with van der Waals surface area (Å²) in [7, 11) is 0. The Morgan fingerprint density at radius 3 is 2.52 bits per heavy atom. The van der Waals surface area contributed by atoms with Crippen LogP contribution >= 0.6 is 11.3 Å². The molecule has 3 aromatic rings. The molecule has 1 amide bonds. The van der Waals surface area contributed by atoms with Crippen molar-refractivity contribution in [3.63, 3.8) is 0 Å². The molecular formula is C23H24N2OS. The van der Waals surface area contributed by atoms with Crippen LogP contribution in [0.5, 0.6) is 0 Å². The van der Waals surface area contributed by atoms with E-state index in [2.05, 4.69) is 48.4 Å². The van der Waals surface area contributed by atoms with Crippen LogP contribution in [0, 0.1) is 6.92 Å². The summed E-state index contributed by atoms with van der Waals surface area (Å²) in [6, 6.07) is 16.5. The third kappa shape index (κ3) is 5.14. The minimum absolute atomic E-state index is 0.177. The number of aromatic nitrogens is 1. The fraction of sp³-hybridized carbons (Fsp3) is 0.217. The van der Waals surface area contributed by atoms with Crippen molar-refractivity contribution < 1.29 is 4.79 Å². The summed E-state index contributed by atoms with van der Waals surface area (Å²) in [6.07, 6.45) is 4.46. The van der Waals surface area contributed by atoms with E-state index in [0.29, 0.717) is 11.0 Å². The van der Waals surface area contributed by atoms with Gasteiger partial charge < -0.3 is 0 Å². The first-order valence-corrected chi connectivity index (χ1v) is 10.0. The molecule has 0 saturated carbocycles. The molecule has 0 aliphatic carbocycles. The maximum atomic E-state index is 12.1. The Morgan fingerprint density at radius 2 is 1.85 bits per heavy atom. The highest BCUT2D eigenvalue weighted by atomic mass is 32.1. The van der Waals surface area contributed by atoms with Gasteiger partial charge in [0.2, 0.25) is 5.91 Å². The molecule has 0 spiro atoms. The van der Waals surface area contributed by atoms with Crippen LogP contribution in [-0.2, 0) is 4.79 Å². The van der Waals surface area contributed by atoms with Gasteiger partial charge in [0.1, 0.15) is 0 Å². The first kappa shape index (κ1) is 19.1. The molecule has 0 aliphatic heterocycles. The number of aryl methyl sites for hydroxylation is 1. The van der Waals surface area contributed by atoms with Gasteiger partial charge in [-0.1, -0.05) is 67.9 Å². The van der Waals surface area contributed by atoms with Crippen LogP contribution in [-0.4, -0.2) is 10.9 Å². The molecule has 0 fully saturated rings. The normalized spacial score (nSPS) is 12.3. The van der Waals surface area contributed by atoms with Crippen molar-refractivity contribution in [3.05, 3.63) is 76.7 Å². The van der Waals surface area contributed by atoms with Crippen LogP contribution in [0.25, 0.3) is 17.3 Å². The van der Waals surface area contributed by atoms with Gasteiger partial charge in [-0.3, -0.25) is 10.1 Å². The van der Waals surface area contributed by atoms with Crippen molar-refractivity contribution in [2.24, 2.45) is 0 Å². The number of anilines is 1. The van der Waals surface area contributed by atoms with Crippen molar-refractivity contribution in [1.29, 1.82) is 0 Å². The van der Waals surface area contributed by atoms with Gasteiger partial charge in [0.25, 0.3) is 0 Å². The van der Waals surface area contributed by atoms with Crippen molar-refractivity contribution in [1.82, 2.24) is 4.98 Å². The molecule has 0 saturated heterocycles. The number of nitrogens with one attached hydrogen (secondary N) is 1. The van der Waals surface area contributed by atoms with E-state index in [9.17, 15) is 4.79 Å². The molecule has 3 rings (SSSR count). The van der Waals surface area contributed by atoms with Crippen molar-refractivity contribution in [2.75, 3.05) is 5.32 Å². The molecule has 1 aromatic heterocycles. The summed E-state index contributed by atoms with van der Waals surface area (Å²) < 4.78 is 0. The summed E-state index contributed by atoms with van der Waals surface area (Å²) in [6.45, 7) is 6.47. The number of thiazole rings is 1. The zero-order chi connectivity index (χ0) is 19.2. The fourth-order valence-corrected chi connectivity index (χ4v) is 3.40. The first-order valence-electron chi connectivity index (χ1n) is 9.16. The van der Waals surface area contributed by atoms with E-state index in [0.717, 1.165) is 23.2 Å². The van der Waals surface area contributed by atoms with E-state index in [1.807, 2.05) is 36.6 Å². The maximum Gasteiger partial charge on any atom is 0.250 e. The van der Waals surface area contributed by atoms with Gasteiger partial charge >= 0.3 is 0 Å². The fourth-order valence-electron chi connectivity index (χ4n) is 2.68. The molecular weight excluding hydrogens is 352 g/mol. The van der Waals surface area contributed by atoms with E-state index in [4.69, 9.17) is 0 Å². The molecule has 2 aromatic carbocycles. The largest absolute Gasteiger partial charge is 0.298 e. The summed E-state index contributed by atoms with van der Waals surface area (Å²) in [5.74, 6) is 0.383. The number of benzene rings is 2. The standard InChI is InChI=1S/C23H24N2OS/c1-4-17(3)19-10-12-20(13-11-19)21-15-27-23(24-21)25-22(26)14-9-18-7-5-16(2)6-8-18/h5-15,17H,4H2,1-3H3,(H,24,25,26). The first-order chi connectivity index (χ1) is 13.0. The molecule has 0 bridgehead atoms. The van der Waals surface area contributed by atoms with E-state index < -0.39 is 0 Å². The number of carbonyl (C=O) groups is 1. The molecule has 0 aliphatic rings. The lowest BCUT2D eigenvalue weighted by atomic mass is 9.97. The van der Waals surface area contributed by atoms with Crippen molar-refractivity contribution >= 4 is 28.5 Å². The molecule has 1 N–H and O–H groups in total. The second-order valence-corrected chi connectivity index (χ2v) is 7.56. The summed E-state index contributed by atoms with van der Waals surface area (Å²) in [5.41, 5.74) is 5.48. The second kappa shape index (κ2) is 8.78. The predicted molar refractivity (Wildman–Crippen MR) is 115 cm³/mol. The minimum Gasteiger partial charge on any atom is -0.298 e. The molecule has 0 radical (unpaired) electrons. The third-order valence-corrected chi connectivity index (χ3v) is 5.38. The topological polar surface area (TPSA) is 42.0 Å². The Morgan fingerprint density at radius 1 is 1.15 bits per heavy atom.